The number of hydrogen-bond acceptors (Lipinski definition) is 8. The zero-order chi connectivity index (χ0) is 29.1. The Bertz CT molecular complexity index is 1710. The molecule has 0 bridgehead atoms. The van der Waals surface area contributed by atoms with E-state index in [9.17, 15) is 33.4 Å². The van der Waals surface area contributed by atoms with E-state index in [1.807, 2.05) is 6.07 Å². The summed E-state index contributed by atoms with van der Waals surface area (Å²) in [7, 11) is -4.49. The highest BCUT2D eigenvalue weighted by molar-refractivity contribution is 7.89. The van der Waals surface area contributed by atoms with Crippen molar-refractivity contribution < 1.29 is 33.4 Å². The second-order valence-corrected chi connectivity index (χ2v) is 11.5. The SMILES string of the molecule is O=C(NO)[C@@H](Cc1ccccc1O)[C@@H](NS(=O)(=O)c1cccc2cccnc12)C(=O)N[C@H]1c2ccccc2C[C@H]1O. The van der Waals surface area contributed by atoms with E-state index in [1.54, 1.807) is 48.5 Å². The second-order valence-electron chi connectivity index (χ2n) is 9.80. The smallest absolute Gasteiger partial charge is 0.248 e. The fourth-order valence-corrected chi connectivity index (χ4v) is 6.61. The Labute approximate surface area is 235 Å². The van der Waals surface area contributed by atoms with Gasteiger partial charge in [0.15, 0.2) is 0 Å². The molecular weight excluding hydrogens is 548 g/mol. The molecule has 0 unspecified atom stereocenters. The van der Waals surface area contributed by atoms with Gasteiger partial charge in [0, 0.05) is 18.0 Å². The standard InChI is InChI=1S/C29H28N4O7S/c34-22-12-4-2-8-19(22)15-21(28(36)32-38)27(29(37)31-26-20-11-3-1-7-18(20)16-23(26)35)33-41(39,40)24-13-5-9-17-10-6-14-30-25(17)24/h1-14,21,23,26-27,33-35,38H,15-16H2,(H,31,37)(H,32,36)/t21-,23+,26-,27+/m0/s1. The molecule has 41 heavy (non-hydrogen) atoms. The van der Waals surface area contributed by atoms with E-state index in [0.717, 1.165) is 5.56 Å². The fourth-order valence-electron chi connectivity index (χ4n) is 5.20. The summed E-state index contributed by atoms with van der Waals surface area (Å²) in [5.41, 5.74) is 3.41. The third kappa shape index (κ3) is 5.77. The maximum absolute atomic E-state index is 13.9. The van der Waals surface area contributed by atoms with Gasteiger partial charge in [0.05, 0.1) is 23.6 Å². The number of hydrogen-bond donors (Lipinski definition) is 6. The highest BCUT2D eigenvalue weighted by Crippen LogP contribution is 2.32. The van der Waals surface area contributed by atoms with Gasteiger partial charge in [-0.15, -0.1) is 0 Å². The maximum atomic E-state index is 13.9. The third-order valence-electron chi connectivity index (χ3n) is 7.23. The number of para-hydroxylation sites is 2. The number of sulfonamides is 1. The molecule has 0 radical (unpaired) electrons. The summed E-state index contributed by atoms with van der Waals surface area (Å²) < 4.78 is 29.9. The van der Waals surface area contributed by atoms with Gasteiger partial charge in [-0.25, -0.2) is 13.9 Å². The van der Waals surface area contributed by atoms with Crippen molar-refractivity contribution in [2.45, 2.75) is 35.9 Å². The van der Waals surface area contributed by atoms with Crippen LogP contribution in [0.2, 0.25) is 0 Å². The van der Waals surface area contributed by atoms with Crippen LogP contribution in [0.4, 0.5) is 0 Å². The minimum absolute atomic E-state index is 0.158. The molecular formula is C29H28N4O7S. The Hall–Kier alpha value is -4.36. The number of aliphatic hydroxyl groups excluding tert-OH is 1. The predicted molar refractivity (Wildman–Crippen MR) is 148 cm³/mol. The zero-order valence-corrected chi connectivity index (χ0v) is 22.5. The number of aromatic hydroxyl groups is 1. The monoisotopic (exact) mass is 576 g/mol. The van der Waals surface area contributed by atoms with Crippen molar-refractivity contribution >= 4 is 32.7 Å². The number of nitrogens with zero attached hydrogens (tertiary/aromatic N) is 1. The number of fused-ring (bicyclic) bond motifs is 2. The summed E-state index contributed by atoms with van der Waals surface area (Å²) in [6, 6.07) is 18.4. The number of pyridine rings is 1. The topological polar surface area (TPSA) is 178 Å². The molecule has 3 aromatic carbocycles. The lowest BCUT2D eigenvalue weighted by molar-refractivity contribution is -0.138. The van der Waals surface area contributed by atoms with Crippen LogP contribution < -0.4 is 15.5 Å². The van der Waals surface area contributed by atoms with Crippen molar-refractivity contribution in [1.82, 2.24) is 20.5 Å². The normalized spacial score (nSPS) is 17.9. The Morgan fingerprint density at radius 2 is 1.68 bits per heavy atom. The molecule has 4 aromatic rings. The number of hydroxylamine groups is 1. The number of amides is 2. The van der Waals surface area contributed by atoms with E-state index in [4.69, 9.17) is 0 Å². The molecule has 1 heterocycles. The average molecular weight is 577 g/mol. The number of carbonyl (C=O) groups is 2. The molecule has 5 rings (SSSR count). The first kappa shape index (κ1) is 28.2. The Kier molecular flexibility index (Phi) is 7.99. The van der Waals surface area contributed by atoms with Crippen LogP contribution in [0.1, 0.15) is 22.7 Å². The molecule has 4 atom stereocenters. The van der Waals surface area contributed by atoms with Crippen LogP contribution in [0.5, 0.6) is 5.75 Å². The van der Waals surface area contributed by atoms with Crippen LogP contribution in [0.15, 0.2) is 90.0 Å². The number of rotatable bonds is 9. The highest BCUT2D eigenvalue weighted by Gasteiger charge is 2.41. The van der Waals surface area contributed by atoms with E-state index in [1.165, 1.54) is 35.9 Å². The van der Waals surface area contributed by atoms with Crippen LogP contribution in [0.3, 0.4) is 0 Å². The van der Waals surface area contributed by atoms with Crippen LogP contribution in [-0.4, -0.2) is 52.8 Å². The van der Waals surface area contributed by atoms with Gasteiger partial charge in [0.2, 0.25) is 21.8 Å². The number of nitrogens with one attached hydrogen (secondary N) is 3. The Morgan fingerprint density at radius 3 is 2.46 bits per heavy atom. The number of phenols is 1. The number of aromatic nitrogens is 1. The minimum atomic E-state index is -4.49. The lowest BCUT2D eigenvalue weighted by atomic mass is 9.90. The molecule has 0 saturated carbocycles. The molecule has 0 saturated heterocycles. The Balaban J connectivity index is 1.56. The Morgan fingerprint density at radius 1 is 0.951 bits per heavy atom. The van der Waals surface area contributed by atoms with Gasteiger partial charge in [0.25, 0.3) is 0 Å². The molecule has 1 aromatic heterocycles. The molecule has 0 aliphatic heterocycles. The van der Waals surface area contributed by atoms with Crippen molar-refractivity contribution in [3.8, 4) is 5.75 Å². The summed E-state index contributed by atoms with van der Waals surface area (Å²) in [5.74, 6) is -3.66. The van der Waals surface area contributed by atoms with Gasteiger partial charge in [0.1, 0.15) is 16.7 Å². The van der Waals surface area contributed by atoms with Gasteiger partial charge in [-0.3, -0.25) is 19.8 Å². The highest BCUT2D eigenvalue weighted by atomic mass is 32.2. The van der Waals surface area contributed by atoms with Gasteiger partial charge in [-0.2, -0.15) is 4.72 Å². The molecule has 2 amide bonds. The fraction of sp³-hybridized carbons (Fsp3) is 0.207. The number of phenolic OH excluding ortho intramolecular Hbond substituents is 1. The summed E-state index contributed by atoms with van der Waals surface area (Å²) >= 11 is 0. The molecule has 1 aliphatic rings. The van der Waals surface area contributed by atoms with Gasteiger partial charge in [-0.05, 0) is 41.3 Å². The van der Waals surface area contributed by atoms with E-state index in [0.29, 0.717) is 10.9 Å². The van der Waals surface area contributed by atoms with Gasteiger partial charge < -0.3 is 15.5 Å². The van der Waals surface area contributed by atoms with Crippen molar-refractivity contribution in [2.75, 3.05) is 0 Å². The molecule has 11 nitrogen and oxygen atoms in total. The van der Waals surface area contributed by atoms with E-state index >= 15 is 0 Å². The first-order chi connectivity index (χ1) is 19.7. The van der Waals surface area contributed by atoms with Crippen LogP contribution in [0.25, 0.3) is 10.9 Å². The van der Waals surface area contributed by atoms with Crippen LogP contribution >= 0.6 is 0 Å². The maximum Gasteiger partial charge on any atom is 0.248 e. The first-order valence-corrected chi connectivity index (χ1v) is 14.3. The zero-order valence-electron chi connectivity index (χ0n) is 21.6. The quantitative estimate of drug-likeness (QED) is 0.129. The number of aliphatic hydroxyl groups is 1. The molecule has 0 spiro atoms. The van der Waals surface area contributed by atoms with E-state index < -0.39 is 45.9 Å². The lowest BCUT2D eigenvalue weighted by Crippen LogP contribution is -2.56. The molecule has 12 heteroatoms. The number of benzene rings is 3. The summed E-state index contributed by atoms with van der Waals surface area (Å²) in [6.07, 6.45) is 0.415. The van der Waals surface area contributed by atoms with E-state index in [2.05, 4.69) is 15.0 Å². The van der Waals surface area contributed by atoms with Crippen molar-refractivity contribution in [2.24, 2.45) is 5.92 Å². The summed E-state index contributed by atoms with van der Waals surface area (Å²) in [6.45, 7) is 0. The van der Waals surface area contributed by atoms with Crippen molar-refractivity contribution in [3.05, 3.63) is 102 Å². The summed E-state index contributed by atoms with van der Waals surface area (Å²) in [4.78, 5) is 30.8. The predicted octanol–water partition coefficient (Wildman–Crippen LogP) is 1.73. The average Bonchev–Trinajstić information content (AvgIpc) is 3.29. The van der Waals surface area contributed by atoms with E-state index in [-0.39, 0.29) is 34.6 Å². The largest absolute Gasteiger partial charge is 0.508 e. The van der Waals surface area contributed by atoms with Crippen molar-refractivity contribution in [3.63, 3.8) is 0 Å². The molecule has 6 N–H and O–H groups in total. The molecule has 212 valence electrons. The minimum Gasteiger partial charge on any atom is -0.508 e. The van der Waals surface area contributed by atoms with Gasteiger partial charge >= 0.3 is 0 Å². The lowest BCUT2D eigenvalue weighted by Gasteiger charge is -2.28. The molecule has 0 fully saturated rings. The third-order valence-corrected chi connectivity index (χ3v) is 8.71. The van der Waals surface area contributed by atoms with Gasteiger partial charge in [-0.1, -0.05) is 60.7 Å². The molecule has 1 aliphatic carbocycles. The number of carbonyl (C=O) groups excluding carboxylic acids is 2. The van der Waals surface area contributed by atoms with Crippen LogP contribution in [-0.2, 0) is 32.5 Å². The summed E-state index contributed by atoms with van der Waals surface area (Å²) in [5, 5.41) is 33.9. The van der Waals surface area contributed by atoms with Crippen LogP contribution in [0, 0.1) is 5.92 Å². The second kappa shape index (κ2) is 11.6. The first-order valence-electron chi connectivity index (χ1n) is 12.8. The van der Waals surface area contributed by atoms with Crippen molar-refractivity contribution in [1.29, 1.82) is 0 Å².